The molecule has 0 bridgehead atoms. The Bertz CT molecular complexity index is 209. The summed E-state index contributed by atoms with van der Waals surface area (Å²) in [5, 5.41) is 3.39. The van der Waals surface area contributed by atoms with Crippen molar-refractivity contribution in [3.63, 3.8) is 0 Å². The van der Waals surface area contributed by atoms with Crippen molar-refractivity contribution in [1.82, 2.24) is 5.16 Å². The Hall–Kier alpha value is -0.730. The molecule has 1 unspecified atom stereocenters. The molecule has 1 rings (SSSR count). The van der Waals surface area contributed by atoms with Crippen molar-refractivity contribution < 1.29 is 13.6 Å². The van der Waals surface area contributed by atoms with Gasteiger partial charge in [0.05, 0.1) is 12.3 Å². The fraction of sp³-hybridized carbons (Fsp3) is 0.400. The first-order valence-corrected chi connectivity index (χ1v) is 4.03. The molecule has 1 aromatic rings. The van der Waals surface area contributed by atoms with Crippen LogP contribution >= 0.6 is 8.03 Å². The third kappa shape index (κ3) is 1.62. The van der Waals surface area contributed by atoms with Crippen LogP contribution in [0.25, 0.3) is 0 Å². The monoisotopic (exact) mass is 160 g/mol. The van der Waals surface area contributed by atoms with Crippen LogP contribution in [-0.4, -0.2) is 11.8 Å². The maximum absolute atomic E-state index is 10.9. The van der Waals surface area contributed by atoms with Gasteiger partial charge in [0.25, 0.3) is 0 Å². The molecule has 0 fully saturated rings. The van der Waals surface area contributed by atoms with E-state index in [0.717, 1.165) is 0 Å². The number of hydrogen-bond donors (Lipinski definition) is 0. The minimum Gasteiger partial charge on any atom is -0.305 e. The largest absolute Gasteiger partial charge is 0.590 e. The highest BCUT2D eigenvalue weighted by atomic mass is 31.1. The van der Waals surface area contributed by atoms with Crippen LogP contribution in [0.4, 0.5) is 0 Å². The van der Waals surface area contributed by atoms with Crippen molar-refractivity contribution in [2.75, 3.05) is 6.61 Å². The van der Waals surface area contributed by atoms with Gasteiger partial charge in [-0.15, -0.1) is 4.52 Å². The highest BCUT2D eigenvalue weighted by Crippen LogP contribution is 2.19. The zero-order chi connectivity index (χ0) is 7.40. The summed E-state index contributed by atoms with van der Waals surface area (Å²) < 4.78 is 20.2. The fourth-order valence-electron chi connectivity index (χ4n) is 0.484. The van der Waals surface area contributed by atoms with E-state index in [4.69, 9.17) is 4.52 Å². The summed E-state index contributed by atoms with van der Waals surface area (Å²) in [7, 11) is -1.82. The molecular weight excluding hydrogens is 153 g/mol. The summed E-state index contributed by atoms with van der Waals surface area (Å²) in [6.07, 6.45) is 1.43. The number of rotatable bonds is 3. The molecule has 0 amide bonds. The molecule has 4 nitrogen and oxygen atoms in total. The van der Waals surface area contributed by atoms with Gasteiger partial charge in [-0.05, 0) is 11.5 Å². The Labute approximate surface area is 59.0 Å². The highest BCUT2D eigenvalue weighted by molar-refractivity contribution is 7.47. The second-order valence-electron chi connectivity index (χ2n) is 1.53. The summed E-state index contributed by atoms with van der Waals surface area (Å²) in [5.41, 5.74) is 0.289. The molecule has 1 aromatic heterocycles. The van der Waals surface area contributed by atoms with Crippen molar-refractivity contribution in [3.8, 4) is 0 Å². The summed E-state index contributed by atoms with van der Waals surface area (Å²) in [6, 6.07) is 1.52. The van der Waals surface area contributed by atoms with Gasteiger partial charge in [-0.1, -0.05) is 5.16 Å². The lowest BCUT2D eigenvalue weighted by Gasteiger charge is -1.76. The van der Waals surface area contributed by atoms with E-state index in [9.17, 15) is 4.57 Å². The zero-order valence-corrected chi connectivity index (χ0v) is 6.38. The fourth-order valence-corrected chi connectivity index (χ4v) is 1.15. The zero-order valence-electron chi connectivity index (χ0n) is 5.48. The molecular formula is C5H7NO3P+. The first-order chi connectivity index (χ1) is 4.84. The second-order valence-corrected chi connectivity index (χ2v) is 2.74. The number of hydrogen-bond acceptors (Lipinski definition) is 4. The summed E-state index contributed by atoms with van der Waals surface area (Å²) in [4.78, 5) is 0. The Balaban J connectivity index is 2.59. The van der Waals surface area contributed by atoms with Gasteiger partial charge in [-0.3, -0.25) is 0 Å². The van der Waals surface area contributed by atoms with Crippen LogP contribution in [0.5, 0.6) is 0 Å². The first-order valence-electron chi connectivity index (χ1n) is 2.85. The topological polar surface area (TPSA) is 52.3 Å². The summed E-state index contributed by atoms with van der Waals surface area (Å²) >= 11 is 0. The number of nitrogens with zero attached hydrogens (tertiary/aromatic N) is 1. The van der Waals surface area contributed by atoms with Gasteiger partial charge in [-0.2, -0.15) is 0 Å². The van der Waals surface area contributed by atoms with Crippen LogP contribution in [0.3, 0.4) is 0 Å². The van der Waals surface area contributed by atoms with Crippen LogP contribution in [0.1, 0.15) is 6.92 Å². The van der Waals surface area contributed by atoms with Gasteiger partial charge < -0.3 is 4.52 Å². The summed E-state index contributed by atoms with van der Waals surface area (Å²) in [6.45, 7) is 2.18. The molecule has 0 aromatic carbocycles. The van der Waals surface area contributed by atoms with Crippen LogP contribution < -0.4 is 5.50 Å². The van der Waals surface area contributed by atoms with Gasteiger partial charge in [-0.25, -0.2) is 0 Å². The SMILES string of the molecule is CCO[P+](=O)c1ccno1. The van der Waals surface area contributed by atoms with Crippen molar-refractivity contribution in [3.05, 3.63) is 12.3 Å². The quantitative estimate of drug-likeness (QED) is 0.620. The number of aromatic nitrogens is 1. The van der Waals surface area contributed by atoms with Crippen molar-refractivity contribution in [2.45, 2.75) is 6.92 Å². The lowest BCUT2D eigenvalue weighted by molar-refractivity contribution is 0.347. The minimum absolute atomic E-state index is 0.289. The molecule has 1 heterocycles. The molecule has 54 valence electrons. The normalized spacial score (nSPS) is 11.5. The van der Waals surface area contributed by atoms with E-state index in [1.807, 2.05) is 0 Å². The molecule has 5 heteroatoms. The molecule has 0 aliphatic carbocycles. The average molecular weight is 160 g/mol. The molecule has 0 saturated heterocycles. The van der Waals surface area contributed by atoms with Gasteiger partial charge in [0, 0.05) is 0 Å². The smallest absolute Gasteiger partial charge is 0.305 e. The highest BCUT2D eigenvalue weighted by Gasteiger charge is 2.25. The van der Waals surface area contributed by atoms with E-state index < -0.39 is 8.03 Å². The molecule has 0 aliphatic heterocycles. The Morgan fingerprint density at radius 2 is 2.70 bits per heavy atom. The molecule has 1 atom stereocenters. The van der Waals surface area contributed by atoms with Crippen LogP contribution in [0.15, 0.2) is 16.8 Å². The Morgan fingerprint density at radius 1 is 1.90 bits per heavy atom. The third-order valence-corrected chi connectivity index (χ3v) is 1.93. The maximum Gasteiger partial charge on any atom is 0.590 e. The molecule has 0 spiro atoms. The van der Waals surface area contributed by atoms with Gasteiger partial charge in [0.15, 0.2) is 0 Å². The molecule has 10 heavy (non-hydrogen) atoms. The third-order valence-electron chi connectivity index (χ3n) is 0.851. The van der Waals surface area contributed by atoms with E-state index in [1.165, 1.54) is 12.3 Å². The molecule has 0 N–H and O–H groups in total. The lowest BCUT2D eigenvalue weighted by atomic mass is 10.8. The van der Waals surface area contributed by atoms with E-state index in [1.54, 1.807) is 6.92 Å². The van der Waals surface area contributed by atoms with E-state index >= 15 is 0 Å². The minimum atomic E-state index is -1.82. The van der Waals surface area contributed by atoms with E-state index in [0.29, 0.717) is 6.61 Å². The average Bonchev–Trinajstić information content (AvgIpc) is 2.38. The van der Waals surface area contributed by atoms with Gasteiger partial charge in [0.2, 0.25) is 0 Å². The second kappa shape index (κ2) is 3.44. The summed E-state index contributed by atoms with van der Waals surface area (Å²) in [5.74, 6) is 0. The molecule has 0 radical (unpaired) electrons. The van der Waals surface area contributed by atoms with Crippen molar-refractivity contribution in [2.24, 2.45) is 0 Å². The predicted octanol–water partition coefficient (Wildman–Crippen LogP) is 1.08. The van der Waals surface area contributed by atoms with Crippen molar-refractivity contribution in [1.29, 1.82) is 0 Å². The van der Waals surface area contributed by atoms with E-state index in [2.05, 4.69) is 9.68 Å². The molecule has 0 saturated carbocycles. The lowest BCUT2D eigenvalue weighted by Crippen LogP contribution is -1.92. The maximum atomic E-state index is 10.9. The standard InChI is InChI=1S/C5H7NO3P/c1-2-8-10(7)5-3-4-6-9-5/h3-4H,2H2,1H3/q+1. The van der Waals surface area contributed by atoms with Crippen LogP contribution in [-0.2, 0) is 9.09 Å². The van der Waals surface area contributed by atoms with Gasteiger partial charge >= 0.3 is 13.5 Å². The van der Waals surface area contributed by atoms with E-state index in [-0.39, 0.29) is 5.50 Å². The van der Waals surface area contributed by atoms with Crippen LogP contribution in [0.2, 0.25) is 0 Å². The van der Waals surface area contributed by atoms with Gasteiger partial charge in [0.1, 0.15) is 6.61 Å². The Kier molecular flexibility index (Phi) is 2.54. The van der Waals surface area contributed by atoms with Crippen molar-refractivity contribution >= 4 is 13.5 Å². The molecule has 0 aliphatic rings. The predicted molar refractivity (Wildman–Crippen MR) is 35.4 cm³/mol. The first kappa shape index (κ1) is 7.38. The Morgan fingerprint density at radius 3 is 3.20 bits per heavy atom. The van der Waals surface area contributed by atoms with Crippen LogP contribution in [0, 0.1) is 0 Å².